The van der Waals surface area contributed by atoms with Gasteiger partial charge in [0.1, 0.15) is 17.8 Å². The molecule has 0 saturated carbocycles. The van der Waals surface area contributed by atoms with Crippen molar-refractivity contribution in [3.05, 3.63) is 31.2 Å². The average molecular weight is 379 g/mol. The lowest BCUT2D eigenvalue weighted by molar-refractivity contribution is -0.128. The van der Waals surface area contributed by atoms with Crippen LogP contribution in [0.25, 0.3) is 11.0 Å². The maximum absolute atomic E-state index is 12.3. The summed E-state index contributed by atoms with van der Waals surface area (Å²) in [6.45, 7) is 7.68. The first-order chi connectivity index (χ1) is 13.7. The van der Waals surface area contributed by atoms with E-state index in [9.17, 15) is 4.79 Å². The molecule has 4 heterocycles. The van der Waals surface area contributed by atoms with E-state index in [2.05, 4.69) is 37.8 Å². The zero-order valence-electron chi connectivity index (χ0n) is 15.8. The van der Waals surface area contributed by atoms with Crippen molar-refractivity contribution in [2.75, 3.05) is 38.0 Å². The first-order valence-corrected chi connectivity index (χ1v) is 9.74. The number of H-pyrrole nitrogens is 1. The van der Waals surface area contributed by atoms with Crippen LogP contribution >= 0.6 is 0 Å². The minimum atomic E-state index is -0.0395. The van der Waals surface area contributed by atoms with E-state index < -0.39 is 0 Å². The Morgan fingerprint density at radius 1 is 1.43 bits per heavy atom. The number of nitrogens with zero attached hydrogens (tertiary/aromatic N) is 5. The number of nitriles is 1. The van der Waals surface area contributed by atoms with E-state index in [0.29, 0.717) is 12.5 Å². The fraction of sp³-hybridized carbons (Fsp3) is 0.500. The fourth-order valence-corrected chi connectivity index (χ4v) is 4.40. The number of carbonyl (C=O) groups excluding carboxylic acids is 1. The molecule has 2 saturated heterocycles. The molecule has 0 unspecified atom stereocenters. The molecule has 146 valence electrons. The Bertz CT molecular complexity index is 901. The van der Waals surface area contributed by atoms with E-state index in [1.807, 2.05) is 17.2 Å². The van der Waals surface area contributed by atoms with Crippen LogP contribution in [-0.4, -0.2) is 69.4 Å². The minimum Gasteiger partial charge on any atom is -0.365 e. The van der Waals surface area contributed by atoms with E-state index >= 15 is 0 Å². The van der Waals surface area contributed by atoms with Crippen LogP contribution in [0.4, 0.5) is 5.82 Å². The Hall–Kier alpha value is -2.92. The Morgan fingerprint density at radius 2 is 2.32 bits per heavy atom. The zero-order valence-corrected chi connectivity index (χ0v) is 15.8. The van der Waals surface area contributed by atoms with E-state index in [4.69, 9.17) is 5.26 Å². The van der Waals surface area contributed by atoms with Gasteiger partial charge in [0.05, 0.1) is 17.4 Å². The molecule has 0 aliphatic carbocycles. The number of piperidine rings is 1. The third-order valence-corrected chi connectivity index (χ3v) is 5.69. The first-order valence-electron chi connectivity index (χ1n) is 9.74. The highest BCUT2D eigenvalue weighted by molar-refractivity contribution is 5.88. The summed E-state index contributed by atoms with van der Waals surface area (Å²) >= 11 is 0. The van der Waals surface area contributed by atoms with Crippen molar-refractivity contribution in [3.8, 4) is 6.07 Å². The molecule has 8 heteroatoms. The van der Waals surface area contributed by atoms with Crippen LogP contribution in [0.15, 0.2) is 31.2 Å². The van der Waals surface area contributed by atoms with Crippen molar-refractivity contribution in [3.63, 3.8) is 0 Å². The van der Waals surface area contributed by atoms with Gasteiger partial charge in [0, 0.05) is 38.4 Å². The van der Waals surface area contributed by atoms with Gasteiger partial charge in [0.2, 0.25) is 5.91 Å². The second-order valence-electron chi connectivity index (χ2n) is 7.73. The maximum Gasteiger partial charge on any atom is 0.246 e. The third kappa shape index (κ3) is 3.85. The molecule has 0 aromatic carbocycles. The number of aromatic amines is 1. The summed E-state index contributed by atoms with van der Waals surface area (Å²) in [6, 6.07) is 4.43. The molecule has 2 aromatic rings. The molecular weight excluding hydrogens is 354 g/mol. The Morgan fingerprint density at radius 3 is 3.11 bits per heavy atom. The number of carbonyl (C=O) groups is 1. The number of amides is 1. The number of fused-ring (bicyclic) bond motifs is 1. The van der Waals surface area contributed by atoms with E-state index in [-0.39, 0.29) is 17.9 Å². The molecule has 1 amide bonds. The number of anilines is 1. The SMILES string of the molecule is C=CC(=O)N1C[C@@H](CN2CC[C@H](C#N)C2)C[C@@H](Nc2ncnc3[nH]ccc23)C1. The monoisotopic (exact) mass is 379 g/mol. The molecule has 8 nitrogen and oxygen atoms in total. The van der Waals surface area contributed by atoms with E-state index in [0.717, 1.165) is 55.9 Å². The standard InChI is InChI=1S/C20H25N7O/c1-2-18(28)27-11-15(10-26-6-4-14(8-21)9-26)7-16(12-27)25-20-17-3-5-22-19(17)23-13-24-20/h2-3,5,13-16H,1,4,6-7,9-12H2,(H2,22,23,24,25)/t14-,15-,16-/m1/s1. The van der Waals surface area contributed by atoms with Crippen LogP contribution in [0.2, 0.25) is 0 Å². The highest BCUT2D eigenvalue weighted by Crippen LogP contribution is 2.26. The number of hydrogen-bond acceptors (Lipinski definition) is 6. The second-order valence-corrected chi connectivity index (χ2v) is 7.73. The van der Waals surface area contributed by atoms with Crippen molar-refractivity contribution >= 4 is 22.8 Å². The quantitative estimate of drug-likeness (QED) is 0.766. The van der Waals surface area contributed by atoms with Gasteiger partial charge in [0.15, 0.2) is 0 Å². The molecule has 0 bridgehead atoms. The van der Waals surface area contributed by atoms with Crippen LogP contribution in [-0.2, 0) is 4.79 Å². The van der Waals surface area contributed by atoms with Gasteiger partial charge >= 0.3 is 0 Å². The summed E-state index contributed by atoms with van der Waals surface area (Å²) in [4.78, 5) is 28.3. The normalized spacial score (nSPS) is 25.5. The van der Waals surface area contributed by atoms with Gasteiger partial charge in [-0.1, -0.05) is 6.58 Å². The topological polar surface area (TPSA) is 101 Å². The lowest BCUT2D eigenvalue weighted by Crippen LogP contribution is -2.50. The van der Waals surface area contributed by atoms with Crippen molar-refractivity contribution in [1.82, 2.24) is 24.8 Å². The van der Waals surface area contributed by atoms with Crippen molar-refractivity contribution < 1.29 is 4.79 Å². The molecule has 28 heavy (non-hydrogen) atoms. The molecule has 0 spiro atoms. The summed E-state index contributed by atoms with van der Waals surface area (Å²) in [5.41, 5.74) is 0.795. The van der Waals surface area contributed by atoms with Gasteiger partial charge in [-0.15, -0.1) is 0 Å². The molecule has 2 fully saturated rings. The number of rotatable bonds is 5. The molecule has 4 rings (SSSR count). The summed E-state index contributed by atoms with van der Waals surface area (Å²) in [7, 11) is 0. The van der Waals surface area contributed by atoms with Crippen LogP contribution in [0, 0.1) is 23.2 Å². The van der Waals surface area contributed by atoms with Crippen LogP contribution in [0.5, 0.6) is 0 Å². The molecule has 2 aromatic heterocycles. The smallest absolute Gasteiger partial charge is 0.246 e. The molecule has 3 atom stereocenters. The van der Waals surface area contributed by atoms with E-state index in [1.165, 1.54) is 6.08 Å². The van der Waals surface area contributed by atoms with Crippen molar-refractivity contribution in [2.24, 2.45) is 11.8 Å². The predicted octanol–water partition coefficient (Wildman–Crippen LogP) is 1.62. The van der Waals surface area contributed by atoms with Gasteiger partial charge in [-0.05, 0) is 37.4 Å². The maximum atomic E-state index is 12.3. The fourth-order valence-electron chi connectivity index (χ4n) is 4.40. The van der Waals surface area contributed by atoms with Crippen molar-refractivity contribution in [2.45, 2.75) is 18.9 Å². The highest BCUT2D eigenvalue weighted by Gasteiger charge is 2.32. The number of aromatic nitrogens is 3. The van der Waals surface area contributed by atoms with Gasteiger partial charge in [-0.3, -0.25) is 4.79 Å². The number of likely N-dealkylation sites (tertiary alicyclic amines) is 2. The minimum absolute atomic E-state index is 0.0395. The second kappa shape index (κ2) is 7.98. The van der Waals surface area contributed by atoms with Gasteiger partial charge in [-0.25, -0.2) is 9.97 Å². The Kier molecular flexibility index (Phi) is 5.26. The third-order valence-electron chi connectivity index (χ3n) is 5.69. The largest absolute Gasteiger partial charge is 0.365 e. The zero-order chi connectivity index (χ0) is 19.5. The summed E-state index contributed by atoms with van der Waals surface area (Å²) in [6.07, 6.45) is 6.66. The number of nitrogens with one attached hydrogen (secondary N) is 2. The lowest BCUT2D eigenvalue weighted by atomic mass is 9.93. The first kappa shape index (κ1) is 18.4. The van der Waals surface area contributed by atoms with Gasteiger partial charge in [-0.2, -0.15) is 5.26 Å². The van der Waals surface area contributed by atoms with Crippen molar-refractivity contribution in [1.29, 1.82) is 5.26 Å². The van der Waals surface area contributed by atoms with Gasteiger partial charge in [0.25, 0.3) is 0 Å². The van der Waals surface area contributed by atoms with Crippen LogP contribution < -0.4 is 5.32 Å². The molecule has 0 radical (unpaired) electrons. The molecule has 2 aliphatic rings. The Balaban J connectivity index is 1.48. The van der Waals surface area contributed by atoms with Crippen LogP contribution in [0.1, 0.15) is 12.8 Å². The van der Waals surface area contributed by atoms with Crippen LogP contribution in [0.3, 0.4) is 0 Å². The Labute approximate surface area is 164 Å². The number of hydrogen-bond donors (Lipinski definition) is 2. The van der Waals surface area contributed by atoms with E-state index in [1.54, 1.807) is 6.33 Å². The summed E-state index contributed by atoms with van der Waals surface area (Å²) in [5.74, 6) is 1.22. The molecule has 2 aliphatic heterocycles. The molecule has 2 N–H and O–H groups in total. The highest BCUT2D eigenvalue weighted by atomic mass is 16.2. The summed E-state index contributed by atoms with van der Waals surface area (Å²) < 4.78 is 0. The predicted molar refractivity (Wildman–Crippen MR) is 106 cm³/mol. The lowest BCUT2D eigenvalue weighted by Gasteiger charge is -2.39. The average Bonchev–Trinajstić information content (AvgIpc) is 3.37. The van der Waals surface area contributed by atoms with Gasteiger partial charge < -0.3 is 20.1 Å². The molecular formula is C20H25N7O. The summed E-state index contributed by atoms with van der Waals surface area (Å²) in [5, 5.41) is 13.6.